The average molecular weight is 413 g/mol. The molecule has 0 saturated heterocycles. The van der Waals surface area contributed by atoms with Gasteiger partial charge in [-0.15, -0.1) is 0 Å². The second kappa shape index (κ2) is 7.96. The van der Waals surface area contributed by atoms with Crippen LogP contribution in [0.2, 0.25) is 0 Å². The van der Waals surface area contributed by atoms with E-state index in [2.05, 4.69) is 9.46 Å². The van der Waals surface area contributed by atoms with Crippen LogP contribution >= 0.6 is 0 Å². The average Bonchev–Trinajstić information content (AvgIpc) is 3.19. The number of furan rings is 1. The molecule has 1 heterocycles. The molecule has 10 nitrogen and oxygen atoms in total. The molecule has 0 radical (unpaired) electrons. The van der Waals surface area contributed by atoms with E-state index in [0.29, 0.717) is 12.8 Å². The number of sulfonamides is 1. The Morgan fingerprint density at radius 2 is 1.89 bits per heavy atom. The van der Waals surface area contributed by atoms with E-state index in [1.165, 1.54) is 10.6 Å². The molecule has 27 heavy (non-hydrogen) atoms. The molecule has 3 amide bonds. The fourth-order valence-corrected chi connectivity index (χ4v) is 2.88. The first-order valence-corrected chi connectivity index (χ1v) is 8.88. The quantitative estimate of drug-likeness (QED) is 0.544. The number of hydrogen-bond donors (Lipinski definition) is 3. The molecule has 0 aliphatic heterocycles. The Labute approximate surface area is 150 Å². The van der Waals surface area contributed by atoms with Crippen molar-refractivity contribution in [1.29, 1.82) is 0 Å². The summed E-state index contributed by atoms with van der Waals surface area (Å²) in [4.78, 5) is 34.1. The lowest BCUT2D eigenvalue weighted by atomic mass is 10.4. The van der Waals surface area contributed by atoms with E-state index >= 15 is 0 Å². The highest BCUT2D eigenvalue weighted by Crippen LogP contribution is 2.23. The Kier molecular flexibility index (Phi) is 6.10. The lowest BCUT2D eigenvalue weighted by Crippen LogP contribution is -2.44. The van der Waals surface area contributed by atoms with Crippen LogP contribution in [0.25, 0.3) is 0 Å². The second-order valence-corrected chi connectivity index (χ2v) is 7.08. The molecule has 0 atom stereocenters. The van der Waals surface area contributed by atoms with Crippen molar-refractivity contribution in [3.8, 4) is 0 Å². The summed E-state index contributed by atoms with van der Waals surface area (Å²) in [5.41, 5.74) is 0. The van der Waals surface area contributed by atoms with Gasteiger partial charge in [-0.25, -0.2) is 22.7 Å². The smallest absolute Gasteiger partial charge is 0.405 e. The fourth-order valence-electron chi connectivity index (χ4n) is 1.64. The van der Waals surface area contributed by atoms with E-state index in [0.717, 1.165) is 12.1 Å². The van der Waals surface area contributed by atoms with Crippen LogP contribution in [0.15, 0.2) is 21.6 Å². The molecule has 3 N–H and O–H groups in total. The molecule has 1 aliphatic rings. The summed E-state index contributed by atoms with van der Waals surface area (Å²) in [6.07, 6.45) is -3.26. The summed E-state index contributed by atoms with van der Waals surface area (Å²) in [6, 6.07) is 0.428. The molecule has 14 heteroatoms. The zero-order valence-electron chi connectivity index (χ0n) is 13.5. The van der Waals surface area contributed by atoms with E-state index < -0.39 is 58.1 Å². The van der Waals surface area contributed by atoms with Crippen molar-refractivity contribution in [2.45, 2.75) is 30.2 Å². The molecule has 1 saturated carbocycles. The number of urea groups is 1. The minimum absolute atomic E-state index is 0.178. The largest absolute Gasteiger partial charge is 0.450 e. The van der Waals surface area contributed by atoms with Gasteiger partial charge in [-0.1, -0.05) is 0 Å². The van der Waals surface area contributed by atoms with Gasteiger partial charge in [0.2, 0.25) is 10.9 Å². The van der Waals surface area contributed by atoms with Crippen molar-refractivity contribution in [1.82, 2.24) is 15.4 Å². The Morgan fingerprint density at radius 3 is 2.48 bits per heavy atom. The first-order chi connectivity index (χ1) is 12.5. The molecular weight excluding hydrogens is 399 g/mol. The lowest BCUT2D eigenvalue weighted by molar-refractivity contribution is -0.125. The molecule has 1 aromatic rings. The molecule has 0 unspecified atom stereocenters. The molecule has 2 rings (SSSR count). The van der Waals surface area contributed by atoms with Crippen LogP contribution in [0.4, 0.5) is 18.0 Å². The molecule has 1 aliphatic carbocycles. The Hall–Kier alpha value is -2.61. The summed E-state index contributed by atoms with van der Waals surface area (Å²) < 4.78 is 71.2. The number of ether oxygens (including phenoxy) is 1. The Balaban J connectivity index is 1.80. The molecular formula is C13H14F3N3O7S. The van der Waals surface area contributed by atoms with Crippen LogP contribution < -0.4 is 15.4 Å². The van der Waals surface area contributed by atoms with Crippen LogP contribution in [0.3, 0.4) is 0 Å². The number of hydrogen-bond acceptors (Lipinski definition) is 7. The maximum absolute atomic E-state index is 11.9. The predicted octanol–water partition coefficient (Wildman–Crippen LogP) is 0.265. The first-order valence-electron chi connectivity index (χ1n) is 7.40. The van der Waals surface area contributed by atoms with Crippen molar-refractivity contribution in [2.75, 3.05) is 13.2 Å². The van der Waals surface area contributed by atoms with Gasteiger partial charge in [0.05, 0.1) is 0 Å². The van der Waals surface area contributed by atoms with Gasteiger partial charge >= 0.3 is 18.2 Å². The Bertz CT molecular complexity index is 830. The number of nitrogens with one attached hydrogen (secondary N) is 3. The maximum atomic E-state index is 11.9. The summed E-state index contributed by atoms with van der Waals surface area (Å²) in [6.45, 7) is -2.65. The van der Waals surface area contributed by atoms with Crippen molar-refractivity contribution < 1.29 is 45.1 Å². The minimum atomic E-state index is -4.65. The van der Waals surface area contributed by atoms with Crippen molar-refractivity contribution in [3.05, 3.63) is 17.9 Å². The van der Waals surface area contributed by atoms with Gasteiger partial charge in [-0.3, -0.25) is 10.1 Å². The third-order valence-electron chi connectivity index (χ3n) is 2.98. The van der Waals surface area contributed by atoms with Crippen LogP contribution in [0, 0.1) is 0 Å². The molecule has 0 aromatic carbocycles. The van der Waals surface area contributed by atoms with Gasteiger partial charge in [-0.05, 0) is 25.0 Å². The number of carbonyl (C=O) groups excluding carboxylic acids is 3. The molecule has 0 bridgehead atoms. The van der Waals surface area contributed by atoms with Crippen molar-refractivity contribution in [2.24, 2.45) is 0 Å². The number of carbonyl (C=O) groups is 3. The van der Waals surface area contributed by atoms with Crippen LogP contribution in [-0.4, -0.2) is 51.7 Å². The van der Waals surface area contributed by atoms with Gasteiger partial charge in [-0.2, -0.15) is 13.2 Å². The molecule has 1 aromatic heterocycles. The van der Waals surface area contributed by atoms with Gasteiger partial charge in [0.25, 0.3) is 15.9 Å². The zero-order valence-corrected chi connectivity index (χ0v) is 14.3. The van der Waals surface area contributed by atoms with E-state index in [4.69, 9.17) is 4.42 Å². The van der Waals surface area contributed by atoms with Crippen molar-refractivity contribution in [3.63, 3.8) is 0 Å². The normalized spacial score (nSPS) is 14.5. The minimum Gasteiger partial charge on any atom is -0.450 e. The first kappa shape index (κ1) is 20.7. The summed E-state index contributed by atoms with van der Waals surface area (Å²) in [7, 11) is -3.92. The van der Waals surface area contributed by atoms with Gasteiger partial charge in [0.15, 0.2) is 6.61 Å². The third kappa shape index (κ3) is 6.90. The highest BCUT2D eigenvalue weighted by molar-refractivity contribution is 7.89. The van der Waals surface area contributed by atoms with Crippen LogP contribution in [0.5, 0.6) is 0 Å². The summed E-state index contributed by atoms with van der Waals surface area (Å²) >= 11 is 0. The molecule has 150 valence electrons. The lowest BCUT2D eigenvalue weighted by Gasteiger charge is -2.09. The fraction of sp³-hybridized carbons (Fsp3) is 0.462. The van der Waals surface area contributed by atoms with Gasteiger partial charge in [0.1, 0.15) is 6.54 Å². The number of halogens is 3. The number of rotatable bonds is 7. The standard InChI is InChI=1S/C13H14F3N3O7S/c14-13(15,16)6-17-12(22)18-9(20)5-25-11(21)8-3-4-10(26-8)27(23,24)19-7-1-2-7/h3-4,7,19H,1-2,5-6H2,(H2,17,18,20,22). The maximum Gasteiger partial charge on any atom is 0.405 e. The van der Waals surface area contributed by atoms with Crippen LogP contribution in [0.1, 0.15) is 23.4 Å². The zero-order chi connectivity index (χ0) is 20.2. The predicted molar refractivity (Wildman–Crippen MR) is 79.9 cm³/mol. The number of imide groups is 1. The summed E-state index contributed by atoms with van der Waals surface area (Å²) in [5.74, 6) is -2.91. The van der Waals surface area contributed by atoms with E-state index in [1.54, 1.807) is 0 Å². The number of alkyl halides is 3. The van der Waals surface area contributed by atoms with Gasteiger partial charge < -0.3 is 14.5 Å². The second-order valence-electron chi connectivity index (χ2n) is 5.44. The van der Waals surface area contributed by atoms with E-state index in [9.17, 15) is 36.0 Å². The highest BCUT2D eigenvalue weighted by atomic mass is 32.2. The number of esters is 1. The third-order valence-corrected chi connectivity index (χ3v) is 4.38. The molecule has 0 spiro atoms. The van der Waals surface area contributed by atoms with Crippen molar-refractivity contribution >= 4 is 27.9 Å². The summed E-state index contributed by atoms with van der Waals surface area (Å²) in [5, 5.41) is 2.38. The number of amides is 3. The Morgan fingerprint density at radius 1 is 1.22 bits per heavy atom. The highest BCUT2D eigenvalue weighted by Gasteiger charge is 2.31. The monoisotopic (exact) mass is 413 g/mol. The van der Waals surface area contributed by atoms with E-state index in [1.807, 2.05) is 0 Å². The topological polar surface area (TPSA) is 144 Å². The molecule has 1 fully saturated rings. The van der Waals surface area contributed by atoms with Crippen LogP contribution in [-0.2, 0) is 19.6 Å². The van der Waals surface area contributed by atoms with E-state index in [-0.39, 0.29) is 6.04 Å². The van der Waals surface area contributed by atoms with Gasteiger partial charge in [0, 0.05) is 6.04 Å². The SMILES string of the molecule is O=C(COC(=O)c1ccc(S(=O)(=O)NC2CC2)o1)NC(=O)NCC(F)(F)F.